The van der Waals surface area contributed by atoms with Crippen molar-refractivity contribution in [3.63, 3.8) is 0 Å². The summed E-state index contributed by atoms with van der Waals surface area (Å²) in [5, 5.41) is 2.88. The van der Waals surface area contributed by atoms with E-state index in [1.165, 1.54) is 0 Å². The van der Waals surface area contributed by atoms with E-state index in [2.05, 4.69) is 29.1 Å². The first-order valence-corrected chi connectivity index (χ1v) is 4.33. The summed E-state index contributed by atoms with van der Waals surface area (Å²) in [5.74, 6) is 1.90. The van der Waals surface area contributed by atoms with Crippen LogP contribution in [0, 0.1) is 0 Å². The van der Waals surface area contributed by atoms with Gasteiger partial charge in [-0.25, -0.2) is 9.97 Å². The number of hydrogen-bond acceptors (Lipinski definition) is 4. The summed E-state index contributed by atoms with van der Waals surface area (Å²) in [6, 6.07) is 0. The molecule has 4 heteroatoms. The van der Waals surface area contributed by atoms with Gasteiger partial charge in [-0.2, -0.15) is 0 Å². The molecule has 0 saturated carbocycles. The lowest BCUT2D eigenvalue weighted by molar-refractivity contribution is 0.293. The van der Waals surface area contributed by atoms with E-state index >= 15 is 0 Å². The third-order valence-electron chi connectivity index (χ3n) is 1.55. The molecule has 1 N–H and O–H groups in total. The van der Waals surface area contributed by atoms with Gasteiger partial charge < -0.3 is 4.74 Å². The summed E-state index contributed by atoms with van der Waals surface area (Å²) in [6.07, 6.45) is 3.39. The van der Waals surface area contributed by atoms with Crippen LogP contribution in [0.1, 0.15) is 25.6 Å². The fourth-order valence-electron chi connectivity index (χ4n) is 0.854. The van der Waals surface area contributed by atoms with Crippen molar-refractivity contribution in [2.45, 2.75) is 19.8 Å². The van der Waals surface area contributed by atoms with Crippen LogP contribution < -0.4 is 10.1 Å². The second-order valence-electron chi connectivity index (χ2n) is 3.07. The molecule has 0 aliphatic heterocycles. The molecule has 1 rings (SSSR count). The van der Waals surface area contributed by atoms with Crippen molar-refractivity contribution in [1.82, 2.24) is 15.3 Å². The van der Waals surface area contributed by atoms with Crippen LogP contribution in [-0.2, 0) is 0 Å². The first kappa shape index (κ1) is 9.92. The van der Waals surface area contributed by atoms with Gasteiger partial charge in [0, 0.05) is 5.92 Å². The van der Waals surface area contributed by atoms with Crippen molar-refractivity contribution >= 4 is 0 Å². The highest BCUT2D eigenvalue weighted by Gasteiger charge is 2.01. The van der Waals surface area contributed by atoms with E-state index in [4.69, 9.17) is 4.74 Å². The number of rotatable bonds is 4. The van der Waals surface area contributed by atoms with E-state index in [1.807, 2.05) is 7.05 Å². The standard InChI is InChI=1S/C9H15N3O/c1-7(2)9-11-4-8(5-12-9)13-6-10-3/h4-5,7,10H,6H2,1-3H3. The Bertz CT molecular complexity index is 246. The number of hydrogen-bond donors (Lipinski definition) is 1. The van der Waals surface area contributed by atoms with Crippen molar-refractivity contribution in [2.75, 3.05) is 13.8 Å². The molecule has 0 unspecified atom stereocenters. The monoisotopic (exact) mass is 181 g/mol. The Hall–Kier alpha value is -1.16. The topological polar surface area (TPSA) is 47.0 Å². The number of ether oxygens (including phenoxy) is 1. The average Bonchev–Trinajstić information content (AvgIpc) is 2.15. The zero-order valence-electron chi connectivity index (χ0n) is 8.24. The summed E-state index contributed by atoms with van der Waals surface area (Å²) in [4.78, 5) is 8.33. The molecule has 1 heterocycles. The lowest BCUT2D eigenvalue weighted by Crippen LogP contribution is -2.14. The van der Waals surface area contributed by atoms with Crippen LogP contribution in [0.2, 0.25) is 0 Å². The maximum atomic E-state index is 5.25. The maximum Gasteiger partial charge on any atom is 0.157 e. The predicted octanol–water partition coefficient (Wildman–Crippen LogP) is 1.16. The molecule has 0 aliphatic carbocycles. The Balaban J connectivity index is 2.59. The van der Waals surface area contributed by atoms with Crippen molar-refractivity contribution in [2.24, 2.45) is 0 Å². The third kappa shape index (κ3) is 2.99. The quantitative estimate of drug-likeness (QED) is 0.708. The van der Waals surface area contributed by atoms with Gasteiger partial charge in [0.05, 0.1) is 12.4 Å². The Morgan fingerprint density at radius 2 is 2.00 bits per heavy atom. The molecule has 0 aliphatic rings. The van der Waals surface area contributed by atoms with E-state index in [-0.39, 0.29) is 0 Å². The number of nitrogens with one attached hydrogen (secondary N) is 1. The zero-order valence-corrected chi connectivity index (χ0v) is 8.24. The second-order valence-corrected chi connectivity index (χ2v) is 3.07. The molecule has 0 aromatic carbocycles. The molecule has 0 bridgehead atoms. The molecule has 0 spiro atoms. The normalized spacial score (nSPS) is 10.5. The minimum absolute atomic E-state index is 0.360. The second kappa shape index (κ2) is 4.77. The van der Waals surface area contributed by atoms with E-state index in [0.717, 1.165) is 5.82 Å². The van der Waals surface area contributed by atoms with Crippen molar-refractivity contribution in [3.8, 4) is 5.75 Å². The molecule has 0 amide bonds. The Morgan fingerprint density at radius 1 is 1.38 bits per heavy atom. The minimum Gasteiger partial charge on any atom is -0.475 e. The van der Waals surface area contributed by atoms with E-state index in [1.54, 1.807) is 12.4 Å². The summed E-state index contributed by atoms with van der Waals surface area (Å²) in [5.41, 5.74) is 0. The Morgan fingerprint density at radius 3 is 2.46 bits per heavy atom. The summed E-state index contributed by atoms with van der Waals surface area (Å²) in [6.45, 7) is 4.59. The lowest BCUT2D eigenvalue weighted by Gasteiger charge is -2.06. The number of nitrogens with zero attached hydrogens (tertiary/aromatic N) is 2. The third-order valence-corrected chi connectivity index (χ3v) is 1.55. The van der Waals surface area contributed by atoms with Gasteiger partial charge in [0.15, 0.2) is 5.75 Å². The lowest BCUT2D eigenvalue weighted by atomic mass is 10.2. The molecule has 72 valence electrons. The van der Waals surface area contributed by atoms with Crippen LogP contribution in [0.5, 0.6) is 5.75 Å². The van der Waals surface area contributed by atoms with Crippen molar-refractivity contribution in [3.05, 3.63) is 18.2 Å². The van der Waals surface area contributed by atoms with Crippen molar-refractivity contribution < 1.29 is 4.74 Å². The largest absolute Gasteiger partial charge is 0.475 e. The molecule has 0 saturated heterocycles. The minimum atomic E-state index is 0.360. The van der Waals surface area contributed by atoms with Crippen LogP contribution >= 0.6 is 0 Å². The van der Waals surface area contributed by atoms with Crippen LogP contribution in [0.3, 0.4) is 0 Å². The molecule has 1 aromatic rings. The molecular formula is C9H15N3O. The predicted molar refractivity (Wildman–Crippen MR) is 50.7 cm³/mol. The zero-order chi connectivity index (χ0) is 9.68. The van der Waals surface area contributed by atoms with E-state index < -0.39 is 0 Å². The van der Waals surface area contributed by atoms with E-state index in [0.29, 0.717) is 18.4 Å². The van der Waals surface area contributed by atoms with Gasteiger partial charge in [0.25, 0.3) is 0 Å². The van der Waals surface area contributed by atoms with Gasteiger partial charge in [-0.05, 0) is 7.05 Å². The van der Waals surface area contributed by atoms with Crippen LogP contribution in [0.25, 0.3) is 0 Å². The fourth-order valence-corrected chi connectivity index (χ4v) is 0.854. The van der Waals surface area contributed by atoms with Gasteiger partial charge in [-0.3, -0.25) is 5.32 Å². The first-order valence-electron chi connectivity index (χ1n) is 4.33. The Kier molecular flexibility index (Phi) is 3.64. The van der Waals surface area contributed by atoms with Gasteiger partial charge in [0.2, 0.25) is 0 Å². The molecule has 1 aromatic heterocycles. The summed E-state index contributed by atoms with van der Waals surface area (Å²) < 4.78 is 5.25. The van der Waals surface area contributed by atoms with Crippen molar-refractivity contribution in [1.29, 1.82) is 0 Å². The van der Waals surface area contributed by atoms with Crippen LogP contribution in [0.15, 0.2) is 12.4 Å². The molecule has 0 fully saturated rings. The molecule has 4 nitrogen and oxygen atoms in total. The van der Waals surface area contributed by atoms with Gasteiger partial charge in [0.1, 0.15) is 12.6 Å². The van der Waals surface area contributed by atoms with E-state index in [9.17, 15) is 0 Å². The molecule has 13 heavy (non-hydrogen) atoms. The average molecular weight is 181 g/mol. The highest BCUT2D eigenvalue weighted by molar-refractivity contribution is 5.13. The van der Waals surface area contributed by atoms with Crippen LogP contribution in [-0.4, -0.2) is 23.7 Å². The number of aromatic nitrogens is 2. The summed E-state index contributed by atoms with van der Waals surface area (Å²) >= 11 is 0. The highest BCUT2D eigenvalue weighted by Crippen LogP contribution is 2.11. The Labute approximate surface area is 78.4 Å². The summed E-state index contributed by atoms with van der Waals surface area (Å²) in [7, 11) is 1.82. The fraction of sp³-hybridized carbons (Fsp3) is 0.556. The maximum absolute atomic E-state index is 5.25. The molecule has 0 atom stereocenters. The van der Waals surface area contributed by atoms with Crippen LogP contribution in [0.4, 0.5) is 0 Å². The molecular weight excluding hydrogens is 166 g/mol. The van der Waals surface area contributed by atoms with Gasteiger partial charge >= 0.3 is 0 Å². The highest BCUT2D eigenvalue weighted by atomic mass is 16.5. The smallest absolute Gasteiger partial charge is 0.157 e. The molecule has 0 radical (unpaired) electrons. The van der Waals surface area contributed by atoms with Gasteiger partial charge in [-0.1, -0.05) is 13.8 Å². The van der Waals surface area contributed by atoms with Gasteiger partial charge in [-0.15, -0.1) is 0 Å². The first-order chi connectivity index (χ1) is 6.24. The SMILES string of the molecule is CNCOc1cnc(C(C)C)nc1.